The van der Waals surface area contributed by atoms with Crippen LogP contribution in [0, 0.1) is 13.8 Å². The standard InChI is InChI=1S/C31H20N12/c1-14-8-9-18-19(12-14)31-42-27-21-20(32-10-11-33-21)26(39-27)37-24-16-6-4-5-7-17(16)25(36-24)38-29-23-22(34-13-15(2)35-23)28(40-29)41-30(18)43(31)3/h4-13H,1-3H3,(H,36,37,38,39,40,41,42). The van der Waals surface area contributed by atoms with Gasteiger partial charge < -0.3 is 9.55 Å². The topological polar surface area (TPSA) is 150 Å². The largest absolute Gasteiger partial charge is 0.324 e. The molecule has 43 heavy (non-hydrogen) atoms. The van der Waals surface area contributed by atoms with E-state index in [1.54, 1.807) is 18.6 Å². The summed E-state index contributed by atoms with van der Waals surface area (Å²) in [5.41, 5.74) is 6.63. The zero-order valence-corrected chi connectivity index (χ0v) is 23.2. The molecule has 12 heteroatoms. The normalized spacial score (nSPS) is 12.1. The summed E-state index contributed by atoms with van der Waals surface area (Å²) in [6.45, 7) is 3.94. The zero-order chi connectivity index (χ0) is 28.8. The first-order chi connectivity index (χ1) is 21.0. The molecule has 9 rings (SSSR count). The minimum Gasteiger partial charge on any atom is -0.324 e. The lowest BCUT2D eigenvalue weighted by molar-refractivity contribution is 0.965. The number of hydrogen-bond donors (Lipinski definition) is 1. The van der Waals surface area contributed by atoms with Gasteiger partial charge >= 0.3 is 0 Å². The average Bonchev–Trinajstić information content (AvgIpc) is 3.72. The SMILES string of the molecule is Cc1ccc2c(c1)c1nc3nc(nc4[nH]c(nc5nc(nc2n1C)-c1ncc(C)nc1-5)c1ccccc41)-c1nccnc1-3. The zero-order valence-electron chi connectivity index (χ0n) is 23.2. The summed E-state index contributed by atoms with van der Waals surface area (Å²) in [7, 11) is 1.93. The number of aromatic nitrogens is 12. The van der Waals surface area contributed by atoms with Crippen molar-refractivity contribution in [2.45, 2.75) is 13.8 Å². The Bertz CT molecular complexity index is 2510. The second-order valence-electron chi connectivity index (χ2n) is 10.6. The number of nitrogens with zero attached hydrogens (tertiary/aromatic N) is 11. The Morgan fingerprint density at radius 2 is 1.14 bits per heavy atom. The molecule has 0 amide bonds. The Morgan fingerprint density at radius 3 is 1.81 bits per heavy atom. The Kier molecular flexibility index (Phi) is 4.67. The number of nitrogens with one attached hydrogen (secondary N) is 1. The molecular formula is C31H20N12. The third kappa shape index (κ3) is 3.43. The molecule has 0 saturated carbocycles. The van der Waals surface area contributed by atoms with Crippen molar-refractivity contribution in [1.29, 1.82) is 0 Å². The number of H-pyrrole nitrogens is 1. The lowest BCUT2D eigenvalue weighted by atomic mass is 10.1. The first kappa shape index (κ1) is 23.6. The average molecular weight is 561 g/mol. The molecule has 2 aliphatic rings. The Hall–Kier alpha value is -6.04. The molecule has 0 saturated heterocycles. The monoisotopic (exact) mass is 560 g/mol. The van der Waals surface area contributed by atoms with Gasteiger partial charge in [0.25, 0.3) is 0 Å². The van der Waals surface area contributed by atoms with E-state index < -0.39 is 0 Å². The van der Waals surface area contributed by atoms with Crippen LogP contribution in [0.5, 0.6) is 0 Å². The maximum Gasteiger partial charge on any atom is 0.184 e. The van der Waals surface area contributed by atoms with Crippen LogP contribution in [0.3, 0.4) is 0 Å². The lowest BCUT2D eigenvalue weighted by Crippen LogP contribution is -1.94. The van der Waals surface area contributed by atoms with Gasteiger partial charge in [0.05, 0.1) is 5.69 Å². The summed E-state index contributed by atoms with van der Waals surface area (Å²) < 4.78 is 1.94. The maximum absolute atomic E-state index is 5.06. The second kappa shape index (κ2) is 8.49. The van der Waals surface area contributed by atoms with Gasteiger partial charge in [-0.25, -0.2) is 49.8 Å². The molecule has 5 aromatic heterocycles. The number of fused-ring (bicyclic) bond motifs is 20. The van der Waals surface area contributed by atoms with E-state index in [1.807, 2.05) is 55.8 Å². The van der Waals surface area contributed by atoms with Crippen LogP contribution in [-0.2, 0) is 7.05 Å². The van der Waals surface area contributed by atoms with Gasteiger partial charge in [-0.1, -0.05) is 42.0 Å². The van der Waals surface area contributed by atoms with Crippen molar-refractivity contribution in [3.63, 3.8) is 0 Å². The predicted molar refractivity (Wildman–Crippen MR) is 161 cm³/mol. The fraction of sp³-hybridized carbons (Fsp3) is 0.0968. The van der Waals surface area contributed by atoms with Crippen LogP contribution in [0.25, 0.3) is 90.2 Å². The summed E-state index contributed by atoms with van der Waals surface area (Å²) >= 11 is 0. The molecule has 2 aliphatic heterocycles. The van der Waals surface area contributed by atoms with E-state index in [4.69, 9.17) is 34.9 Å². The van der Waals surface area contributed by atoms with Crippen LogP contribution < -0.4 is 0 Å². The number of aromatic amines is 1. The highest BCUT2D eigenvalue weighted by Gasteiger charge is 2.25. The Morgan fingerprint density at radius 1 is 0.558 bits per heavy atom. The first-order valence-corrected chi connectivity index (χ1v) is 13.7. The van der Waals surface area contributed by atoms with E-state index in [0.29, 0.717) is 68.7 Å². The summed E-state index contributed by atoms with van der Waals surface area (Å²) in [6, 6.07) is 14.1. The quantitative estimate of drug-likeness (QED) is 0.266. The van der Waals surface area contributed by atoms with E-state index in [0.717, 1.165) is 32.8 Å². The third-order valence-corrected chi connectivity index (χ3v) is 7.69. The van der Waals surface area contributed by atoms with Crippen LogP contribution in [-0.4, -0.2) is 59.4 Å². The molecule has 7 aromatic rings. The van der Waals surface area contributed by atoms with Crippen LogP contribution in [0.4, 0.5) is 0 Å². The molecule has 204 valence electrons. The molecule has 0 unspecified atom stereocenters. The molecular weight excluding hydrogens is 540 g/mol. The van der Waals surface area contributed by atoms with Crippen molar-refractivity contribution in [3.05, 3.63) is 72.3 Å². The van der Waals surface area contributed by atoms with Crippen molar-refractivity contribution < 1.29 is 0 Å². The number of aryl methyl sites for hydroxylation is 3. The Balaban J connectivity index is 1.53. The Labute approximate surface area is 242 Å². The second-order valence-corrected chi connectivity index (χ2v) is 10.6. The van der Waals surface area contributed by atoms with Gasteiger partial charge in [-0.15, -0.1) is 0 Å². The van der Waals surface area contributed by atoms with Crippen molar-refractivity contribution in [1.82, 2.24) is 59.4 Å². The van der Waals surface area contributed by atoms with E-state index in [1.165, 1.54) is 0 Å². The first-order valence-electron chi connectivity index (χ1n) is 13.7. The van der Waals surface area contributed by atoms with Crippen LogP contribution in [0.1, 0.15) is 11.3 Å². The van der Waals surface area contributed by atoms with Crippen molar-refractivity contribution in [3.8, 4) is 46.1 Å². The maximum atomic E-state index is 5.06. The molecule has 0 spiro atoms. The van der Waals surface area contributed by atoms with Gasteiger partial charge in [0, 0.05) is 47.2 Å². The van der Waals surface area contributed by atoms with Crippen molar-refractivity contribution >= 4 is 44.1 Å². The molecule has 1 N–H and O–H groups in total. The van der Waals surface area contributed by atoms with Crippen LogP contribution in [0.15, 0.2) is 61.1 Å². The predicted octanol–water partition coefficient (Wildman–Crippen LogP) is 5.08. The van der Waals surface area contributed by atoms with Gasteiger partial charge in [-0.05, 0) is 19.9 Å². The van der Waals surface area contributed by atoms with E-state index >= 15 is 0 Å². The fourth-order valence-electron chi connectivity index (χ4n) is 5.69. The third-order valence-electron chi connectivity index (χ3n) is 7.69. The smallest absolute Gasteiger partial charge is 0.184 e. The van der Waals surface area contributed by atoms with Crippen LogP contribution in [0.2, 0.25) is 0 Å². The minimum absolute atomic E-state index is 0.410. The van der Waals surface area contributed by atoms with Gasteiger partial charge in [-0.2, -0.15) is 0 Å². The molecule has 0 fully saturated rings. The summed E-state index contributed by atoms with van der Waals surface area (Å²) in [5, 5.41) is 3.59. The molecule has 0 atom stereocenters. The number of hydrogen-bond acceptors (Lipinski definition) is 10. The highest BCUT2D eigenvalue weighted by Crippen LogP contribution is 2.34. The molecule has 0 radical (unpaired) electrons. The highest BCUT2D eigenvalue weighted by atomic mass is 15.1. The minimum atomic E-state index is 0.410. The molecule has 2 aromatic carbocycles. The van der Waals surface area contributed by atoms with Gasteiger partial charge in [0.2, 0.25) is 0 Å². The van der Waals surface area contributed by atoms with Gasteiger partial charge in [-0.3, -0.25) is 0 Å². The number of rotatable bonds is 0. The molecule has 0 aliphatic carbocycles. The molecule has 8 bridgehead atoms. The van der Waals surface area contributed by atoms with Crippen LogP contribution >= 0.6 is 0 Å². The lowest BCUT2D eigenvalue weighted by Gasteiger charge is -1.99. The molecule has 12 nitrogen and oxygen atoms in total. The van der Waals surface area contributed by atoms with Gasteiger partial charge in [0.1, 0.15) is 45.4 Å². The summed E-state index contributed by atoms with van der Waals surface area (Å²) in [5.74, 6) is 1.67. The summed E-state index contributed by atoms with van der Waals surface area (Å²) in [4.78, 5) is 51.7. The van der Waals surface area contributed by atoms with Gasteiger partial charge in [0.15, 0.2) is 23.3 Å². The van der Waals surface area contributed by atoms with Crippen molar-refractivity contribution in [2.75, 3.05) is 0 Å². The van der Waals surface area contributed by atoms with E-state index in [-0.39, 0.29) is 0 Å². The number of benzene rings is 2. The van der Waals surface area contributed by atoms with E-state index in [9.17, 15) is 0 Å². The summed E-state index contributed by atoms with van der Waals surface area (Å²) in [6.07, 6.45) is 4.98. The molecule has 7 heterocycles. The van der Waals surface area contributed by atoms with E-state index in [2.05, 4.69) is 32.1 Å². The van der Waals surface area contributed by atoms with Crippen molar-refractivity contribution in [2.24, 2.45) is 7.05 Å². The fourth-order valence-corrected chi connectivity index (χ4v) is 5.69. The highest BCUT2D eigenvalue weighted by molar-refractivity contribution is 6.06.